The molecule has 1 amide bonds. The van der Waals surface area contributed by atoms with Crippen LogP contribution in [0.25, 0.3) is 0 Å². The zero-order valence-electron chi connectivity index (χ0n) is 13.0. The summed E-state index contributed by atoms with van der Waals surface area (Å²) < 4.78 is 11.4. The normalized spacial score (nSPS) is 26.0. The number of ether oxygens (including phenoxy) is 2. The molecule has 2 fully saturated rings. The van der Waals surface area contributed by atoms with Crippen molar-refractivity contribution < 1.29 is 14.3 Å². The van der Waals surface area contributed by atoms with Gasteiger partial charge in [0.15, 0.2) is 0 Å². The molecule has 1 aromatic carbocycles. The number of hydrogen-bond acceptors (Lipinski definition) is 3. The number of benzene rings is 1. The van der Waals surface area contributed by atoms with Crippen LogP contribution in [0.15, 0.2) is 30.3 Å². The van der Waals surface area contributed by atoms with Crippen molar-refractivity contribution >= 4 is 5.91 Å². The molecule has 4 nitrogen and oxygen atoms in total. The van der Waals surface area contributed by atoms with Gasteiger partial charge in [0.25, 0.3) is 0 Å². The molecule has 1 saturated heterocycles. The van der Waals surface area contributed by atoms with Gasteiger partial charge in [-0.2, -0.15) is 0 Å². The lowest BCUT2D eigenvalue weighted by atomic mass is 9.99. The minimum absolute atomic E-state index is 0.115. The van der Waals surface area contributed by atoms with Crippen molar-refractivity contribution in [2.24, 2.45) is 5.92 Å². The van der Waals surface area contributed by atoms with Crippen LogP contribution in [0.1, 0.15) is 37.7 Å². The molecule has 1 saturated carbocycles. The van der Waals surface area contributed by atoms with Crippen molar-refractivity contribution in [1.82, 2.24) is 5.32 Å². The van der Waals surface area contributed by atoms with Gasteiger partial charge in [-0.1, -0.05) is 30.3 Å². The zero-order valence-corrected chi connectivity index (χ0v) is 13.0. The van der Waals surface area contributed by atoms with Crippen LogP contribution in [0.5, 0.6) is 0 Å². The van der Waals surface area contributed by atoms with Crippen molar-refractivity contribution in [1.29, 1.82) is 0 Å². The fourth-order valence-electron chi connectivity index (χ4n) is 3.33. The van der Waals surface area contributed by atoms with Crippen LogP contribution in [-0.2, 0) is 20.9 Å². The maximum atomic E-state index is 12.4. The Balaban J connectivity index is 1.48. The average Bonchev–Trinajstić information content (AvgIpc) is 3.02. The summed E-state index contributed by atoms with van der Waals surface area (Å²) >= 11 is 0. The number of carbonyl (C=O) groups excluding carboxylic acids is 1. The largest absolute Gasteiger partial charge is 0.381 e. The van der Waals surface area contributed by atoms with Crippen molar-refractivity contribution in [3.63, 3.8) is 0 Å². The molecule has 0 aromatic heterocycles. The highest BCUT2D eigenvalue weighted by molar-refractivity contribution is 5.79. The first-order valence-electron chi connectivity index (χ1n) is 8.36. The summed E-state index contributed by atoms with van der Waals surface area (Å²) in [5, 5.41) is 3.22. The van der Waals surface area contributed by atoms with E-state index in [1.165, 1.54) is 5.56 Å². The van der Waals surface area contributed by atoms with Gasteiger partial charge in [-0.05, 0) is 37.7 Å². The molecule has 4 heteroatoms. The van der Waals surface area contributed by atoms with Gasteiger partial charge in [0, 0.05) is 19.1 Å². The van der Waals surface area contributed by atoms with Crippen molar-refractivity contribution in [2.75, 3.05) is 13.2 Å². The van der Waals surface area contributed by atoms with Gasteiger partial charge in [0.05, 0.1) is 18.8 Å². The third kappa shape index (κ3) is 4.08. The second-order valence-electron chi connectivity index (χ2n) is 6.27. The lowest BCUT2D eigenvalue weighted by molar-refractivity contribution is -0.129. The lowest BCUT2D eigenvalue weighted by Crippen LogP contribution is -2.44. The van der Waals surface area contributed by atoms with Gasteiger partial charge < -0.3 is 14.8 Å². The Morgan fingerprint density at radius 1 is 1.14 bits per heavy atom. The monoisotopic (exact) mass is 303 g/mol. The van der Waals surface area contributed by atoms with E-state index >= 15 is 0 Å². The number of amides is 1. The van der Waals surface area contributed by atoms with E-state index in [1.54, 1.807) is 0 Å². The molecule has 1 heterocycles. The predicted molar refractivity (Wildman–Crippen MR) is 84.3 cm³/mol. The maximum Gasteiger partial charge on any atom is 0.223 e. The Labute approximate surface area is 132 Å². The van der Waals surface area contributed by atoms with Gasteiger partial charge in [0.1, 0.15) is 0 Å². The molecule has 1 aliphatic heterocycles. The van der Waals surface area contributed by atoms with Crippen LogP contribution >= 0.6 is 0 Å². The van der Waals surface area contributed by atoms with E-state index in [0.29, 0.717) is 19.8 Å². The van der Waals surface area contributed by atoms with E-state index in [2.05, 4.69) is 17.4 Å². The Kier molecular flexibility index (Phi) is 5.46. The van der Waals surface area contributed by atoms with Gasteiger partial charge >= 0.3 is 0 Å². The first-order chi connectivity index (χ1) is 10.8. The molecular weight excluding hydrogens is 278 g/mol. The van der Waals surface area contributed by atoms with Crippen LogP contribution < -0.4 is 5.32 Å². The van der Waals surface area contributed by atoms with Crippen LogP contribution in [0.3, 0.4) is 0 Å². The summed E-state index contributed by atoms with van der Waals surface area (Å²) in [7, 11) is 0. The lowest BCUT2D eigenvalue weighted by Gasteiger charge is -2.26. The first kappa shape index (κ1) is 15.5. The summed E-state index contributed by atoms with van der Waals surface area (Å²) in [6.45, 7) is 2.03. The van der Waals surface area contributed by atoms with Gasteiger partial charge in [0.2, 0.25) is 5.91 Å². The van der Waals surface area contributed by atoms with Crippen molar-refractivity contribution in [3.05, 3.63) is 35.9 Å². The average molecular weight is 303 g/mol. The second kappa shape index (κ2) is 7.75. The van der Waals surface area contributed by atoms with Crippen LogP contribution in [0.2, 0.25) is 0 Å². The van der Waals surface area contributed by atoms with E-state index in [0.717, 1.165) is 32.1 Å². The minimum atomic E-state index is 0.115. The van der Waals surface area contributed by atoms with E-state index in [9.17, 15) is 4.79 Å². The first-order valence-corrected chi connectivity index (χ1v) is 8.36. The molecule has 1 aliphatic carbocycles. The summed E-state index contributed by atoms with van der Waals surface area (Å²) in [5.41, 5.74) is 1.18. The molecule has 2 aliphatic rings. The van der Waals surface area contributed by atoms with Crippen LogP contribution in [0, 0.1) is 5.92 Å². The predicted octanol–water partition coefficient (Wildman–Crippen LogP) is 2.67. The van der Waals surface area contributed by atoms with Crippen molar-refractivity contribution in [3.8, 4) is 0 Å². The molecule has 0 spiro atoms. The topological polar surface area (TPSA) is 47.6 Å². The van der Waals surface area contributed by atoms with E-state index in [4.69, 9.17) is 9.47 Å². The van der Waals surface area contributed by atoms with E-state index < -0.39 is 0 Å². The third-order valence-corrected chi connectivity index (χ3v) is 4.68. The van der Waals surface area contributed by atoms with Gasteiger partial charge in [-0.3, -0.25) is 4.79 Å². The highest BCUT2D eigenvalue weighted by Gasteiger charge is 2.31. The zero-order chi connectivity index (χ0) is 15.2. The van der Waals surface area contributed by atoms with Crippen LogP contribution in [-0.4, -0.2) is 31.3 Å². The Hall–Kier alpha value is -1.39. The number of carbonyl (C=O) groups is 1. The van der Waals surface area contributed by atoms with Gasteiger partial charge in [-0.15, -0.1) is 0 Å². The Morgan fingerprint density at radius 3 is 2.68 bits per heavy atom. The molecule has 0 radical (unpaired) electrons. The smallest absolute Gasteiger partial charge is 0.223 e. The fraction of sp³-hybridized carbons (Fsp3) is 0.611. The van der Waals surface area contributed by atoms with E-state index in [1.807, 2.05) is 18.2 Å². The minimum Gasteiger partial charge on any atom is -0.381 e. The standard InChI is InChI=1S/C18H25NO3/c20-18(15-9-11-21-12-10-15)19-16-7-4-8-17(16)22-13-14-5-2-1-3-6-14/h1-3,5-6,15-17H,4,7-13H2,(H,19,20)/t16-,17-/m1/s1. The second-order valence-corrected chi connectivity index (χ2v) is 6.27. The summed E-state index contributed by atoms with van der Waals surface area (Å²) in [6, 6.07) is 10.4. The van der Waals surface area contributed by atoms with Crippen molar-refractivity contribution in [2.45, 2.75) is 50.9 Å². The maximum absolute atomic E-state index is 12.4. The molecule has 1 N–H and O–H groups in total. The highest BCUT2D eigenvalue weighted by Crippen LogP contribution is 2.24. The molecule has 3 rings (SSSR count). The highest BCUT2D eigenvalue weighted by atomic mass is 16.5. The molecule has 2 atom stereocenters. The fourth-order valence-corrected chi connectivity index (χ4v) is 3.33. The quantitative estimate of drug-likeness (QED) is 0.909. The molecule has 0 unspecified atom stereocenters. The molecule has 1 aromatic rings. The number of hydrogen-bond donors (Lipinski definition) is 1. The summed E-state index contributed by atoms with van der Waals surface area (Å²) in [5.74, 6) is 0.299. The summed E-state index contributed by atoms with van der Waals surface area (Å²) in [4.78, 5) is 12.4. The number of rotatable bonds is 5. The Morgan fingerprint density at radius 2 is 1.91 bits per heavy atom. The SMILES string of the molecule is O=C(N[C@@H]1CCC[C@H]1OCc1ccccc1)C1CCOCC1. The molecule has 22 heavy (non-hydrogen) atoms. The Bertz CT molecular complexity index is 470. The molecule has 0 bridgehead atoms. The van der Waals surface area contributed by atoms with Gasteiger partial charge in [-0.25, -0.2) is 0 Å². The van der Waals surface area contributed by atoms with E-state index in [-0.39, 0.29) is 24.0 Å². The van der Waals surface area contributed by atoms with Crippen LogP contribution in [0.4, 0.5) is 0 Å². The molecule has 120 valence electrons. The third-order valence-electron chi connectivity index (χ3n) is 4.68. The molecular formula is C18H25NO3. The summed E-state index contributed by atoms with van der Waals surface area (Å²) in [6.07, 6.45) is 5.00. The number of nitrogens with one attached hydrogen (secondary N) is 1.